The molecular formula is C56H110N2O6P+. The quantitative estimate of drug-likeness (QED) is 0.0243. The Bertz CT molecular complexity index is 1150. The van der Waals surface area contributed by atoms with Gasteiger partial charge >= 0.3 is 7.82 Å². The lowest BCUT2D eigenvalue weighted by Crippen LogP contribution is -2.45. The van der Waals surface area contributed by atoms with Crippen LogP contribution in [0.3, 0.4) is 0 Å². The second-order valence-corrected chi connectivity index (χ2v) is 21.8. The first-order chi connectivity index (χ1) is 31.5. The fraction of sp³-hybridized carbons (Fsp3) is 0.875. The predicted octanol–water partition coefficient (Wildman–Crippen LogP) is 16.6. The average molecular weight is 938 g/mol. The van der Waals surface area contributed by atoms with Crippen LogP contribution in [0.4, 0.5) is 0 Å². The van der Waals surface area contributed by atoms with E-state index in [0.29, 0.717) is 17.4 Å². The van der Waals surface area contributed by atoms with E-state index in [1.165, 1.54) is 205 Å². The Balaban J connectivity index is 3.83. The van der Waals surface area contributed by atoms with Crippen LogP contribution in [0, 0.1) is 0 Å². The third-order valence-electron chi connectivity index (χ3n) is 12.6. The van der Waals surface area contributed by atoms with E-state index in [1.807, 2.05) is 27.2 Å². The minimum atomic E-state index is -4.34. The summed E-state index contributed by atoms with van der Waals surface area (Å²) in [6.07, 6.45) is 61.6. The first kappa shape index (κ1) is 63.7. The van der Waals surface area contributed by atoms with Crippen LogP contribution in [0.25, 0.3) is 0 Å². The molecule has 0 fully saturated rings. The normalized spacial score (nSPS) is 14.3. The molecule has 0 spiro atoms. The summed E-state index contributed by atoms with van der Waals surface area (Å²) in [4.78, 5) is 23.1. The molecule has 0 radical (unpaired) electrons. The van der Waals surface area contributed by atoms with Gasteiger partial charge in [0.2, 0.25) is 5.91 Å². The minimum absolute atomic E-state index is 0.0570. The number of phosphoric acid groups is 1. The molecule has 1 amide bonds. The van der Waals surface area contributed by atoms with Crippen LogP contribution in [0.15, 0.2) is 36.5 Å². The summed E-state index contributed by atoms with van der Waals surface area (Å²) in [6.45, 7) is 4.73. The van der Waals surface area contributed by atoms with Crippen molar-refractivity contribution in [2.45, 2.75) is 276 Å². The molecule has 0 heterocycles. The molecule has 0 aromatic rings. The molecule has 0 aliphatic rings. The van der Waals surface area contributed by atoms with Gasteiger partial charge in [0.05, 0.1) is 39.9 Å². The van der Waals surface area contributed by atoms with Crippen molar-refractivity contribution < 1.29 is 32.9 Å². The van der Waals surface area contributed by atoms with Crippen molar-refractivity contribution in [3.8, 4) is 0 Å². The fourth-order valence-electron chi connectivity index (χ4n) is 8.16. The average Bonchev–Trinajstić information content (AvgIpc) is 3.26. The highest BCUT2D eigenvalue weighted by Gasteiger charge is 2.27. The number of quaternary nitrogens is 1. The number of aliphatic hydroxyl groups excluding tert-OH is 1. The summed E-state index contributed by atoms with van der Waals surface area (Å²) in [5.41, 5.74) is 0. The molecule has 0 aromatic carbocycles. The smallest absolute Gasteiger partial charge is 0.387 e. The van der Waals surface area contributed by atoms with Gasteiger partial charge in [-0.2, -0.15) is 0 Å². The number of allylic oxidation sites excluding steroid dienone is 5. The third-order valence-corrected chi connectivity index (χ3v) is 13.6. The van der Waals surface area contributed by atoms with Gasteiger partial charge in [-0.25, -0.2) is 4.57 Å². The van der Waals surface area contributed by atoms with E-state index in [0.717, 1.165) is 38.5 Å². The molecule has 3 atom stereocenters. The van der Waals surface area contributed by atoms with Crippen molar-refractivity contribution in [3.05, 3.63) is 36.5 Å². The van der Waals surface area contributed by atoms with E-state index in [4.69, 9.17) is 9.05 Å². The molecule has 8 nitrogen and oxygen atoms in total. The van der Waals surface area contributed by atoms with E-state index in [-0.39, 0.29) is 19.1 Å². The number of carbonyl (C=O) groups excluding carboxylic acids is 1. The zero-order valence-corrected chi connectivity index (χ0v) is 44.6. The van der Waals surface area contributed by atoms with Gasteiger partial charge in [-0.3, -0.25) is 13.8 Å². The Morgan fingerprint density at radius 2 is 0.862 bits per heavy atom. The van der Waals surface area contributed by atoms with Crippen LogP contribution < -0.4 is 5.32 Å². The number of aliphatic hydroxyl groups is 1. The molecule has 384 valence electrons. The maximum atomic E-state index is 12.9. The molecule has 0 aliphatic carbocycles. The van der Waals surface area contributed by atoms with Crippen LogP contribution in [0.1, 0.15) is 264 Å². The van der Waals surface area contributed by atoms with Gasteiger partial charge in [0, 0.05) is 6.42 Å². The number of carbonyl (C=O) groups is 1. The number of likely N-dealkylation sites (N-methyl/N-ethyl adjacent to an activating group) is 1. The Hall–Kier alpha value is -1.28. The summed E-state index contributed by atoms with van der Waals surface area (Å²) < 4.78 is 23.5. The van der Waals surface area contributed by atoms with Crippen LogP contribution >= 0.6 is 7.82 Å². The lowest BCUT2D eigenvalue weighted by Gasteiger charge is -2.25. The number of rotatable bonds is 51. The van der Waals surface area contributed by atoms with E-state index < -0.39 is 20.0 Å². The Morgan fingerprint density at radius 3 is 1.28 bits per heavy atom. The molecule has 0 saturated heterocycles. The summed E-state index contributed by atoms with van der Waals surface area (Å²) in [7, 11) is 1.56. The molecule has 9 heteroatoms. The van der Waals surface area contributed by atoms with Crippen molar-refractivity contribution in [2.24, 2.45) is 0 Å². The van der Waals surface area contributed by atoms with Crippen LogP contribution in [-0.2, 0) is 18.4 Å². The highest BCUT2D eigenvalue weighted by Crippen LogP contribution is 2.43. The highest BCUT2D eigenvalue weighted by atomic mass is 31.2. The number of phosphoric ester groups is 1. The van der Waals surface area contributed by atoms with Gasteiger partial charge in [-0.05, 0) is 51.4 Å². The SMILES string of the molecule is CCCC/C=C/CC/C=C/C(O)C(COP(=O)(O)OCC[N+](C)(C)C)NC(=O)CCCCCCCCCCCCCCCCCCCCCCCCC/C=C\CCCCCCCCCC. The molecule has 3 N–H and O–H groups in total. The Morgan fingerprint density at radius 1 is 0.508 bits per heavy atom. The first-order valence-corrected chi connectivity index (χ1v) is 29.4. The highest BCUT2D eigenvalue weighted by molar-refractivity contribution is 7.47. The lowest BCUT2D eigenvalue weighted by molar-refractivity contribution is -0.870. The summed E-state index contributed by atoms with van der Waals surface area (Å²) >= 11 is 0. The minimum Gasteiger partial charge on any atom is -0.387 e. The lowest BCUT2D eigenvalue weighted by atomic mass is 10.0. The summed E-state index contributed by atoms with van der Waals surface area (Å²) in [5, 5.41) is 13.7. The maximum Gasteiger partial charge on any atom is 0.472 e. The molecule has 0 bridgehead atoms. The molecule has 0 rings (SSSR count). The Labute approximate surface area is 404 Å². The third kappa shape index (κ3) is 50.4. The second kappa shape index (κ2) is 47.8. The topological polar surface area (TPSA) is 105 Å². The van der Waals surface area contributed by atoms with Crippen molar-refractivity contribution in [1.29, 1.82) is 0 Å². The van der Waals surface area contributed by atoms with E-state index in [1.54, 1.807) is 6.08 Å². The molecular weight excluding hydrogens is 828 g/mol. The van der Waals surface area contributed by atoms with Crippen LogP contribution in [-0.4, -0.2) is 73.4 Å². The predicted molar refractivity (Wildman–Crippen MR) is 281 cm³/mol. The van der Waals surface area contributed by atoms with Gasteiger partial charge in [-0.1, -0.05) is 243 Å². The number of unbranched alkanes of at least 4 members (excludes halogenated alkanes) is 34. The molecule has 0 saturated carbocycles. The van der Waals surface area contributed by atoms with Gasteiger partial charge < -0.3 is 19.8 Å². The van der Waals surface area contributed by atoms with Crippen molar-refractivity contribution in [2.75, 3.05) is 40.9 Å². The van der Waals surface area contributed by atoms with Crippen molar-refractivity contribution in [3.63, 3.8) is 0 Å². The Kier molecular flexibility index (Phi) is 46.8. The standard InChI is InChI=1S/C56H109N2O6P/c1-6-8-10-12-14-16-17-18-19-20-21-22-23-24-25-26-27-28-29-30-31-32-33-34-35-36-37-38-39-40-41-42-44-46-48-50-56(60)57-54(53-64-65(61,62)63-52-51-58(3,4)5)55(59)49-47-45-43-15-13-11-9-7-2/h13,15,20-21,47,49,54-55,59H,6-12,14,16-19,22-46,48,50-53H2,1-5H3,(H-,57,60,61,62)/p+1/b15-13+,21-20-,49-47+. The number of hydrogen-bond acceptors (Lipinski definition) is 5. The maximum absolute atomic E-state index is 12.9. The number of hydrogen-bond donors (Lipinski definition) is 3. The van der Waals surface area contributed by atoms with Gasteiger partial charge in [0.25, 0.3) is 0 Å². The number of amides is 1. The van der Waals surface area contributed by atoms with Crippen LogP contribution in [0.2, 0.25) is 0 Å². The fourth-order valence-corrected chi connectivity index (χ4v) is 8.89. The largest absolute Gasteiger partial charge is 0.472 e. The van der Waals surface area contributed by atoms with E-state index in [2.05, 4.69) is 43.5 Å². The molecule has 0 aliphatic heterocycles. The van der Waals surface area contributed by atoms with Crippen molar-refractivity contribution >= 4 is 13.7 Å². The summed E-state index contributed by atoms with van der Waals surface area (Å²) in [5.74, 6) is -0.187. The zero-order valence-electron chi connectivity index (χ0n) is 43.7. The monoisotopic (exact) mass is 938 g/mol. The van der Waals surface area contributed by atoms with E-state index >= 15 is 0 Å². The number of nitrogens with zero attached hydrogens (tertiary/aromatic N) is 1. The second-order valence-electron chi connectivity index (χ2n) is 20.3. The van der Waals surface area contributed by atoms with Gasteiger partial charge in [0.1, 0.15) is 13.2 Å². The van der Waals surface area contributed by atoms with E-state index in [9.17, 15) is 19.4 Å². The van der Waals surface area contributed by atoms with Crippen molar-refractivity contribution in [1.82, 2.24) is 5.32 Å². The molecule has 3 unspecified atom stereocenters. The first-order valence-electron chi connectivity index (χ1n) is 27.9. The van der Waals surface area contributed by atoms with Crippen LogP contribution in [0.5, 0.6) is 0 Å². The summed E-state index contributed by atoms with van der Waals surface area (Å²) in [6, 6.07) is -0.858. The van der Waals surface area contributed by atoms with Gasteiger partial charge in [-0.15, -0.1) is 0 Å². The zero-order chi connectivity index (χ0) is 47.8. The number of nitrogens with one attached hydrogen (secondary N) is 1. The molecule has 0 aromatic heterocycles. The molecule has 65 heavy (non-hydrogen) atoms. The van der Waals surface area contributed by atoms with Gasteiger partial charge in [0.15, 0.2) is 0 Å².